The van der Waals surface area contributed by atoms with Gasteiger partial charge in [-0.05, 0) is 62.3 Å². The molecule has 6 heteroatoms. The number of amides is 2. The number of carboxylic acid groups (broad SMARTS) is 1. The van der Waals surface area contributed by atoms with Crippen molar-refractivity contribution in [1.29, 1.82) is 0 Å². The maximum Gasteiger partial charge on any atom is 0.319 e. The van der Waals surface area contributed by atoms with Gasteiger partial charge in [0.15, 0.2) is 0 Å². The Morgan fingerprint density at radius 2 is 2.00 bits per heavy atom. The summed E-state index contributed by atoms with van der Waals surface area (Å²) in [6.45, 7) is 2.75. The van der Waals surface area contributed by atoms with Crippen LogP contribution in [-0.2, 0) is 17.6 Å². The number of nitrogens with zero attached hydrogens (tertiary/aromatic N) is 1. The molecule has 0 aliphatic heterocycles. The molecule has 0 radical (unpaired) electrons. The van der Waals surface area contributed by atoms with Crippen LogP contribution in [0.3, 0.4) is 0 Å². The Bertz CT molecular complexity index is 641. The van der Waals surface area contributed by atoms with Crippen molar-refractivity contribution >= 4 is 17.7 Å². The molecule has 2 amide bonds. The van der Waals surface area contributed by atoms with E-state index in [1.165, 1.54) is 24.0 Å². The van der Waals surface area contributed by atoms with E-state index in [9.17, 15) is 9.59 Å². The number of carbonyl (C=O) groups is 2. The Balaban J connectivity index is 1.49. The van der Waals surface area contributed by atoms with Crippen molar-refractivity contribution in [2.45, 2.75) is 57.5 Å². The van der Waals surface area contributed by atoms with Crippen LogP contribution in [0.1, 0.15) is 43.7 Å². The molecule has 25 heavy (non-hydrogen) atoms. The van der Waals surface area contributed by atoms with E-state index >= 15 is 0 Å². The first-order chi connectivity index (χ1) is 12.1. The van der Waals surface area contributed by atoms with Gasteiger partial charge in [-0.2, -0.15) is 0 Å². The predicted octanol–water partition coefficient (Wildman–Crippen LogP) is 2.62. The number of likely N-dealkylation sites (N-methyl/N-ethyl adjacent to an activating group) is 1. The third-order valence-electron chi connectivity index (χ3n) is 5.35. The van der Waals surface area contributed by atoms with Gasteiger partial charge in [-0.15, -0.1) is 0 Å². The smallest absolute Gasteiger partial charge is 0.319 e. The Morgan fingerprint density at radius 1 is 1.24 bits per heavy atom. The molecule has 1 saturated carbocycles. The number of hydrogen-bond donors (Lipinski definition) is 3. The van der Waals surface area contributed by atoms with Gasteiger partial charge in [0.05, 0.1) is 6.54 Å². The van der Waals surface area contributed by atoms with Crippen molar-refractivity contribution in [3.8, 4) is 0 Å². The highest BCUT2D eigenvalue weighted by molar-refractivity contribution is 5.90. The topological polar surface area (TPSA) is 81.7 Å². The number of anilines is 1. The Hall–Kier alpha value is -2.08. The van der Waals surface area contributed by atoms with Crippen LogP contribution in [0.25, 0.3) is 0 Å². The summed E-state index contributed by atoms with van der Waals surface area (Å²) in [5.41, 5.74) is 3.54. The minimum absolute atomic E-state index is 0.0657. The summed E-state index contributed by atoms with van der Waals surface area (Å²) in [5, 5.41) is 14.9. The second-order valence-corrected chi connectivity index (χ2v) is 7.03. The second kappa shape index (κ2) is 7.87. The van der Waals surface area contributed by atoms with E-state index in [1.807, 2.05) is 24.0 Å². The summed E-state index contributed by atoms with van der Waals surface area (Å²) in [7, 11) is 0. The van der Waals surface area contributed by atoms with E-state index < -0.39 is 5.97 Å². The second-order valence-electron chi connectivity index (χ2n) is 7.03. The number of aryl methyl sites for hydroxylation is 1. The SMILES string of the molecule is CCN(CC(=O)O)C1CC(NC(=O)Nc2cccc3c2CCCC3)C1. The van der Waals surface area contributed by atoms with Crippen molar-refractivity contribution in [3.63, 3.8) is 0 Å². The van der Waals surface area contributed by atoms with Gasteiger partial charge >= 0.3 is 12.0 Å². The quantitative estimate of drug-likeness (QED) is 0.740. The zero-order valence-electron chi connectivity index (χ0n) is 14.8. The van der Waals surface area contributed by atoms with Crippen molar-refractivity contribution in [2.24, 2.45) is 0 Å². The van der Waals surface area contributed by atoms with E-state index in [0.29, 0.717) is 6.54 Å². The zero-order chi connectivity index (χ0) is 17.8. The number of rotatable bonds is 6. The van der Waals surface area contributed by atoms with Gasteiger partial charge in [0.1, 0.15) is 0 Å². The lowest BCUT2D eigenvalue weighted by atomic mass is 9.85. The highest BCUT2D eigenvalue weighted by atomic mass is 16.4. The maximum atomic E-state index is 12.3. The maximum absolute atomic E-state index is 12.3. The van der Waals surface area contributed by atoms with E-state index in [2.05, 4.69) is 16.7 Å². The normalized spacial score (nSPS) is 22.0. The summed E-state index contributed by atoms with van der Waals surface area (Å²) in [6, 6.07) is 6.32. The number of nitrogens with one attached hydrogen (secondary N) is 2. The first-order valence-electron chi connectivity index (χ1n) is 9.21. The minimum atomic E-state index is -0.801. The molecule has 1 aromatic carbocycles. The monoisotopic (exact) mass is 345 g/mol. The molecule has 2 aliphatic rings. The molecule has 0 aromatic heterocycles. The number of urea groups is 1. The number of carbonyl (C=O) groups excluding carboxylic acids is 1. The van der Waals surface area contributed by atoms with Gasteiger partial charge in [0, 0.05) is 17.8 Å². The fourth-order valence-electron chi connectivity index (χ4n) is 3.92. The number of fused-ring (bicyclic) bond motifs is 1. The van der Waals surface area contributed by atoms with Gasteiger partial charge < -0.3 is 15.7 Å². The Kier molecular flexibility index (Phi) is 5.58. The molecule has 136 valence electrons. The largest absolute Gasteiger partial charge is 0.480 e. The fraction of sp³-hybridized carbons (Fsp3) is 0.579. The molecule has 0 saturated heterocycles. The van der Waals surface area contributed by atoms with Gasteiger partial charge in [-0.1, -0.05) is 19.1 Å². The summed E-state index contributed by atoms with van der Waals surface area (Å²) in [4.78, 5) is 25.1. The van der Waals surface area contributed by atoms with Gasteiger partial charge in [0.25, 0.3) is 0 Å². The van der Waals surface area contributed by atoms with Crippen molar-refractivity contribution < 1.29 is 14.7 Å². The van der Waals surface area contributed by atoms with E-state index in [0.717, 1.165) is 31.4 Å². The molecule has 0 unspecified atom stereocenters. The van der Waals surface area contributed by atoms with Gasteiger partial charge in [0.2, 0.25) is 0 Å². The highest BCUT2D eigenvalue weighted by Crippen LogP contribution is 2.28. The molecule has 0 atom stereocenters. The number of hydrogen-bond acceptors (Lipinski definition) is 3. The summed E-state index contributed by atoms with van der Waals surface area (Å²) in [6.07, 6.45) is 6.12. The van der Waals surface area contributed by atoms with Crippen molar-refractivity contribution in [1.82, 2.24) is 10.2 Å². The Labute approximate surface area is 148 Å². The fourth-order valence-corrected chi connectivity index (χ4v) is 3.92. The first-order valence-corrected chi connectivity index (χ1v) is 9.21. The third-order valence-corrected chi connectivity index (χ3v) is 5.35. The molecule has 1 aromatic rings. The van der Waals surface area contributed by atoms with Crippen LogP contribution in [0.2, 0.25) is 0 Å². The van der Waals surface area contributed by atoms with Crippen LogP contribution in [0.4, 0.5) is 10.5 Å². The first kappa shape index (κ1) is 17.7. The predicted molar refractivity (Wildman–Crippen MR) is 96.9 cm³/mol. The number of aliphatic carboxylic acids is 1. The van der Waals surface area contributed by atoms with E-state index in [1.54, 1.807) is 0 Å². The number of benzene rings is 1. The molecule has 0 heterocycles. The van der Waals surface area contributed by atoms with Crippen molar-refractivity contribution in [3.05, 3.63) is 29.3 Å². The van der Waals surface area contributed by atoms with Crippen LogP contribution in [0, 0.1) is 0 Å². The van der Waals surface area contributed by atoms with Crippen LogP contribution in [0.15, 0.2) is 18.2 Å². The van der Waals surface area contributed by atoms with Crippen molar-refractivity contribution in [2.75, 3.05) is 18.4 Å². The molecule has 0 bridgehead atoms. The average Bonchev–Trinajstić information content (AvgIpc) is 2.56. The minimum Gasteiger partial charge on any atom is -0.480 e. The number of carboxylic acids is 1. The summed E-state index contributed by atoms with van der Waals surface area (Å²) >= 11 is 0. The Morgan fingerprint density at radius 3 is 2.72 bits per heavy atom. The molecule has 0 spiro atoms. The van der Waals surface area contributed by atoms with Crippen LogP contribution >= 0.6 is 0 Å². The lowest BCUT2D eigenvalue weighted by Crippen LogP contribution is -2.55. The lowest BCUT2D eigenvalue weighted by molar-refractivity contribution is -0.139. The molecule has 3 rings (SSSR count). The average molecular weight is 345 g/mol. The standard InChI is InChI=1S/C19H27N3O3/c1-2-22(12-18(23)24)15-10-14(11-15)20-19(25)21-17-9-5-7-13-6-3-4-8-16(13)17/h5,7,9,14-15H,2-4,6,8,10-12H2,1H3,(H,23,24)(H2,20,21,25). The van der Waals surface area contributed by atoms with Gasteiger partial charge in [-0.3, -0.25) is 9.69 Å². The zero-order valence-corrected chi connectivity index (χ0v) is 14.8. The molecular formula is C19H27N3O3. The molecule has 1 fully saturated rings. The third kappa shape index (κ3) is 4.31. The van der Waals surface area contributed by atoms with Gasteiger partial charge in [-0.25, -0.2) is 4.79 Å². The lowest BCUT2D eigenvalue weighted by Gasteiger charge is -2.42. The van der Waals surface area contributed by atoms with E-state index in [-0.39, 0.29) is 24.7 Å². The van der Waals surface area contributed by atoms with Crippen LogP contribution in [0.5, 0.6) is 0 Å². The molecule has 3 N–H and O–H groups in total. The van der Waals surface area contributed by atoms with Crippen LogP contribution < -0.4 is 10.6 Å². The molecule has 2 aliphatic carbocycles. The molecule has 6 nitrogen and oxygen atoms in total. The molecular weight excluding hydrogens is 318 g/mol. The summed E-state index contributed by atoms with van der Waals surface area (Å²) in [5.74, 6) is -0.801. The van der Waals surface area contributed by atoms with Crippen LogP contribution in [-0.4, -0.2) is 47.2 Å². The van der Waals surface area contributed by atoms with E-state index in [4.69, 9.17) is 5.11 Å². The summed E-state index contributed by atoms with van der Waals surface area (Å²) < 4.78 is 0. The highest BCUT2D eigenvalue weighted by Gasteiger charge is 2.34.